The van der Waals surface area contributed by atoms with E-state index in [1.807, 2.05) is 6.07 Å². The summed E-state index contributed by atoms with van der Waals surface area (Å²) in [5.74, 6) is -2.82. The summed E-state index contributed by atoms with van der Waals surface area (Å²) >= 11 is 3.11. The lowest BCUT2D eigenvalue weighted by atomic mass is 10.0. The molecule has 1 aromatic carbocycles. The van der Waals surface area contributed by atoms with E-state index in [9.17, 15) is 19.5 Å². The van der Waals surface area contributed by atoms with Crippen molar-refractivity contribution in [2.24, 2.45) is 5.92 Å². The first-order valence-corrected chi connectivity index (χ1v) is 8.94. The third kappa shape index (κ3) is 5.82. The smallest absolute Gasteiger partial charge is 0.326 e. The molecule has 0 aliphatic heterocycles. The van der Waals surface area contributed by atoms with Crippen LogP contribution in [0.15, 0.2) is 57.2 Å². The van der Waals surface area contributed by atoms with Crippen LogP contribution < -0.4 is 10.6 Å². The molecule has 0 aliphatic carbocycles. The first-order valence-electron chi connectivity index (χ1n) is 8.15. The number of aliphatic carboxylic acids is 1. The summed E-state index contributed by atoms with van der Waals surface area (Å²) in [4.78, 5) is 36.4. The Balaban J connectivity index is 2.29. The van der Waals surface area contributed by atoms with Crippen molar-refractivity contribution >= 4 is 39.8 Å². The second kappa shape index (κ2) is 9.18. The summed E-state index contributed by atoms with van der Waals surface area (Å²) in [7, 11) is 0. The van der Waals surface area contributed by atoms with Gasteiger partial charge in [-0.3, -0.25) is 9.59 Å². The van der Waals surface area contributed by atoms with Crippen LogP contribution in [0, 0.1) is 5.92 Å². The van der Waals surface area contributed by atoms with Gasteiger partial charge < -0.3 is 20.2 Å². The molecule has 0 aliphatic rings. The van der Waals surface area contributed by atoms with Crippen molar-refractivity contribution in [2.75, 3.05) is 0 Å². The highest BCUT2D eigenvalue weighted by Gasteiger charge is 2.26. The van der Waals surface area contributed by atoms with Crippen LogP contribution in [0.1, 0.15) is 30.0 Å². The maximum absolute atomic E-state index is 12.6. The molecule has 8 heteroatoms. The normalized spacial score (nSPS) is 12.5. The van der Waals surface area contributed by atoms with Crippen LogP contribution in [0.25, 0.3) is 6.08 Å². The van der Waals surface area contributed by atoms with E-state index in [1.165, 1.54) is 12.1 Å². The third-order valence-electron chi connectivity index (χ3n) is 3.62. The molecule has 1 aromatic heterocycles. The van der Waals surface area contributed by atoms with Gasteiger partial charge in [0.15, 0.2) is 10.4 Å². The van der Waals surface area contributed by atoms with Crippen LogP contribution in [0.2, 0.25) is 0 Å². The molecule has 0 spiro atoms. The number of benzene rings is 1. The molecule has 1 atom stereocenters. The fourth-order valence-corrected chi connectivity index (χ4v) is 2.53. The fraction of sp³-hybridized carbons (Fsp3) is 0.211. The highest BCUT2D eigenvalue weighted by atomic mass is 79.9. The summed E-state index contributed by atoms with van der Waals surface area (Å²) in [6, 6.07) is 10.8. The van der Waals surface area contributed by atoms with Gasteiger partial charge in [-0.25, -0.2) is 4.79 Å². The van der Waals surface area contributed by atoms with Crippen molar-refractivity contribution in [1.82, 2.24) is 10.6 Å². The molecule has 0 fully saturated rings. The van der Waals surface area contributed by atoms with E-state index in [-0.39, 0.29) is 17.4 Å². The minimum atomic E-state index is -1.15. The molecule has 1 heterocycles. The van der Waals surface area contributed by atoms with Gasteiger partial charge >= 0.3 is 5.97 Å². The van der Waals surface area contributed by atoms with Crippen molar-refractivity contribution in [3.05, 3.63) is 64.2 Å². The van der Waals surface area contributed by atoms with Crippen molar-refractivity contribution in [1.29, 1.82) is 0 Å². The molecule has 1 unspecified atom stereocenters. The van der Waals surface area contributed by atoms with E-state index in [2.05, 4.69) is 26.6 Å². The zero-order chi connectivity index (χ0) is 20.0. The Morgan fingerprint density at radius 1 is 1.11 bits per heavy atom. The molecule has 0 radical (unpaired) electrons. The topological polar surface area (TPSA) is 109 Å². The van der Waals surface area contributed by atoms with Crippen molar-refractivity contribution < 1.29 is 23.9 Å². The fourth-order valence-electron chi connectivity index (χ4n) is 2.23. The number of carbonyl (C=O) groups is 3. The van der Waals surface area contributed by atoms with E-state index in [0.717, 1.165) is 0 Å². The van der Waals surface area contributed by atoms with E-state index in [0.29, 0.717) is 10.2 Å². The van der Waals surface area contributed by atoms with Crippen molar-refractivity contribution in [3.8, 4) is 0 Å². The maximum atomic E-state index is 12.6. The molecular formula is C19H19BrN2O5. The lowest BCUT2D eigenvalue weighted by Gasteiger charge is -2.19. The summed E-state index contributed by atoms with van der Waals surface area (Å²) in [5.41, 5.74) is 0.575. The van der Waals surface area contributed by atoms with E-state index < -0.39 is 23.8 Å². The minimum absolute atomic E-state index is 0.00674. The monoisotopic (exact) mass is 434 g/mol. The Morgan fingerprint density at radius 3 is 2.30 bits per heavy atom. The number of carbonyl (C=O) groups excluding carboxylic acids is 2. The van der Waals surface area contributed by atoms with Crippen molar-refractivity contribution in [2.45, 2.75) is 19.9 Å². The van der Waals surface area contributed by atoms with Gasteiger partial charge in [-0.2, -0.15) is 0 Å². The predicted octanol–water partition coefficient (Wildman–Crippen LogP) is 3.04. The number of nitrogens with one attached hydrogen (secondary N) is 2. The van der Waals surface area contributed by atoms with Gasteiger partial charge in [0, 0.05) is 0 Å². The zero-order valence-electron chi connectivity index (χ0n) is 14.7. The van der Waals surface area contributed by atoms with E-state index in [4.69, 9.17) is 4.42 Å². The molecule has 27 heavy (non-hydrogen) atoms. The Kier molecular flexibility index (Phi) is 6.95. The van der Waals surface area contributed by atoms with Gasteiger partial charge in [0.1, 0.15) is 11.7 Å². The zero-order valence-corrected chi connectivity index (χ0v) is 16.3. The van der Waals surface area contributed by atoms with Gasteiger partial charge in [-0.15, -0.1) is 0 Å². The largest absolute Gasteiger partial charge is 0.480 e. The van der Waals surface area contributed by atoms with E-state index >= 15 is 0 Å². The second-order valence-electron chi connectivity index (χ2n) is 6.06. The molecule has 142 valence electrons. The number of rotatable bonds is 7. The highest BCUT2D eigenvalue weighted by Crippen LogP contribution is 2.15. The summed E-state index contributed by atoms with van der Waals surface area (Å²) in [6.07, 6.45) is 1.46. The summed E-state index contributed by atoms with van der Waals surface area (Å²) in [5, 5.41) is 14.2. The molecule has 2 aromatic rings. The Hall–Kier alpha value is -2.87. The first-order chi connectivity index (χ1) is 12.8. The maximum Gasteiger partial charge on any atom is 0.326 e. The quantitative estimate of drug-likeness (QED) is 0.580. The van der Waals surface area contributed by atoms with Gasteiger partial charge in [-0.1, -0.05) is 44.2 Å². The molecule has 2 amide bonds. The lowest BCUT2D eigenvalue weighted by Crippen LogP contribution is -2.47. The third-order valence-corrected chi connectivity index (χ3v) is 4.05. The minimum Gasteiger partial charge on any atom is -0.480 e. The van der Waals surface area contributed by atoms with Crippen LogP contribution in [0.4, 0.5) is 0 Å². The second-order valence-corrected chi connectivity index (χ2v) is 6.84. The first kappa shape index (κ1) is 20.4. The average Bonchev–Trinajstić information content (AvgIpc) is 3.05. The molecule has 0 bridgehead atoms. The summed E-state index contributed by atoms with van der Waals surface area (Å²) in [6.45, 7) is 3.36. The Labute approximate surface area is 164 Å². The lowest BCUT2D eigenvalue weighted by molar-refractivity contribution is -0.142. The number of amides is 2. The predicted molar refractivity (Wildman–Crippen MR) is 103 cm³/mol. The number of hydrogen-bond acceptors (Lipinski definition) is 4. The molecule has 2 rings (SSSR count). The number of halogens is 1. The standard InChI is InChI=1S/C19H19BrN2O5/c1-11(2)16(19(25)26)22-17(23)13(10-12-6-4-3-5-7-12)21-18(24)14-8-9-15(20)27-14/h3-11,16H,1-2H3,(H,21,24)(H,22,23)(H,25,26)/b13-10-. The van der Waals surface area contributed by atoms with Gasteiger partial charge in [0.2, 0.25) is 0 Å². The molecular weight excluding hydrogens is 416 g/mol. The molecule has 3 N–H and O–H groups in total. The Morgan fingerprint density at radius 2 is 1.78 bits per heavy atom. The van der Waals surface area contributed by atoms with Crippen LogP contribution in [-0.4, -0.2) is 28.9 Å². The number of furan rings is 1. The van der Waals surface area contributed by atoms with Gasteiger partial charge in [0.25, 0.3) is 11.8 Å². The van der Waals surface area contributed by atoms with Crippen LogP contribution >= 0.6 is 15.9 Å². The SMILES string of the molecule is CC(C)C(NC(=O)/C(=C/c1ccccc1)NC(=O)c1ccc(Br)o1)C(=O)O. The molecule has 7 nitrogen and oxygen atoms in total. The van der Waals surface area contributed by atoms with Crippen LogP contribution in [0.5, 0.6) is 0 Å². The van der Waals surface area contributed by atoms with Gasteiger partial charge in [0.05, 0.1) is 0 Å². The molecule has 0 saturated heterocycles. The number of carboxylic acid groups (broad SMARTS) is 1. The van der Waals surface area contributed by atoms with E-state index in [1.54, 1.807) is 44.2 Å². The Bertz CT molecular complexity index is 858. The van der Waals surface area contributed by atoms with Crippen LogP contribution in [0.3, 0.4) is 0 Å². The average molecular weight is 435 g/mol. The van der Waals surface area contributed by atoms with Crippen molar-refractivity contribution in [3.63, 3.8) is 0 Å². The molecule has 0 saturated carbocycles. The van der Waals surface area contributed by atoms with Crippen LogP contribution in [-0.2, 0) is 9.59 Å². The number of hydrogen-bond donors (Lipinski definition) is 3. The number of carboxylic acids is 1. The highest BCUT2D eigenvalue weighted by molar-refractivity contribution is 9.10. The summed E-state index contributed by atoms with van der Waals surface area (Å²) < 4.78 is 5.56. The van der Waals surface area contributed by atoms with Gasteiger partial charge in [-0.05, 0) is 45.6 Å².